The van der Waals surface area contributed by atoms with E-state index in [4.69, 9.17) is 23.7 Å². The summed E-state index contributed by atoms with van der Waals surface area (Å²) >= 11 is 0. The van der Waals surface area contributed by atoms with Gasteiger partial charge in [-0.05, 0) is 28.8 Å². The standard InChI is InChI=1S/C27H29NO7/c1-31-24-14-12-23(13-15-24)17-33-20-35-26(29)25(19-32-16-21-8-4-2-5-9-21)28-27(30)34-18-22-10-6-3-7-11-22/h2-15,25H,16-20H2,1H3,(H,28,30)/t25-/m0/s1. The molecule has 0 fully saturated rings. The van der Waals surface area contributed by atoms with Crippen LogP contribution in [0.15, 0.2) is 84.9 Å². The second-order valence-corrected chi connectivity index (χ2v) is 7.54. The Morgan fingerprint density at radius 2 is 1.29 bits per heavy atom. The number of amides is 1. The number of rotatable bonds is 13. The molecule has 8 nitrogen and oxygen atoms in total. The zero-order chi connectivity index (χ0) is 24.7. The Bertz CT molecular complexity index is 1030. The fourth-order valence-electron chi connectivity index (χ4n) is 3.03. The minimum atomic E-state index is -1.06. The molecule has 0 unspecified atom stereocenters. The molecule has 35 heavy (non-hydrogen) atoms. The van der Waals surface area contributed by atoms with Crippen molar-refractivity contribution in [2.45, 2.75) is 25.9 Å². The van der Waals surface area contributed by atoms with Gasteiger partial charge in [-0.15, -0.1) is 0 Å². The molecule has 1 amide bonds. The van der Waals surface area contributed by atoms with Crippen LogP contribution in [0.3, 0.4) is 0 Å². The lowest BCUT2D eigenvalue weighted by atomic mass is 10.2. The van der Waals surface area contributed by atoms with Gasteiger partial charge in [0.1, 0.15) is 12.4 Å². The average molecular weight is 480 g/mol. The summed E-state index contributed by atoms with van der Waals surface area (Å²) in [5.74, 6) is 0.0493. The number of alkyl carbamates (subject to hydrolysis) is 1. The Morgan fingerprint density at radius 1 is 0.714 bits per heavy atom. The molecule has 0 aliphatic heterocycles. The first-order valence-electron chi connectivity index (χ1n) is 11.1. The molecule has 0 saturated carbocycles. The van der Waals surface area contributed by atoms with E-state index in [9.17, 15) is 9.59 Å². The van der Waals surface area contributed by atoms with Crippen LogP contribution >= 0.6 is 0 Å². The molecule has 0 heterocycles. The SMILES string of the molecule is COc1ccc(COCOC(=O)[C@H](COCc2ccccc2)NC(=O)OCc2ccccc2)cc1. The molecular weight excluding hydrogens is 450 g/mol. The van der Waals surface area contributed by atoms with E-state index in [1.54, 1.807) is 7.11 Å². The highest BCUT2D eigenvalue weighted by atomic mass is 16.7. The van der Waals surface area contributed by atoms with Crippen molar-refractivity contribution in [1.29, 1.82) is 0 Å². The molecule has 0 aliphatic carbocycles. The van der Waals surface area contributed by atoms with Crippen molar-refractivity contribution < 1.29 is 33.3 Å². The first-order valence-corrected chi connectivity index (χ1v) is 11.1. The van der Waals surface area contributed by atoms with Crippen molar-refractivity contribution in [3.05, 3.63) is 102 Å². The van der Waals surface area contributed by atoms with Gasteiger partial charge in [0, 0.05) is 0 Å². The first kappa shape index (κ1) is 25.7. The number of methoxy groups -OCH3 is 1. The van der Waals surface area contributed by atoms with Crippen LogP contribution in [-0.4, -0.2) is 38.6 Å². The van der Waals surface area contributed by atoms with Crippen LogP contribution in [0.4, 0.5) is 4.79 Å². The van der Waals surface area contributed by atoms with E-state index in [2.05, 4.69) is 5.32 Å². The predicted molar refractivity (Wildman–Crippen MR) is 128 cm³/mol. The van der Waals surface area contributed by atoms with Crippen LogP contribution in [0, 0.1) is 0 Å². The minimum Gasteiger partial charge on any atom is -0.497 e. The monoisotopic (exact) mass is 479 g/mol. The number of carbonyl (C=O) groups is 2. The van der Waals surface area contributed by atoms with E-state index >= 15 is 0 Å². The molecule has 1 atom stereocenters. The summed E-state index contributed by atoms with van der Waals surface area (Å²) in [6, 6.07) is 25.0. The number of carbonyl (C=O) groups excluding carboxylic acids is 2. The van der Waals surface area contributed by atoms with Gasteiger partial charge in [0.15, 0.2) is 12.8 Å². The van der Waals surface area contributed by atoms with E-state index < -0.39 is 18.1 Å². The summed E-state index contributed by atoms with van der Waals surface area (Å²) in [6.45, 7) is 0.232. The maximum atomic E-state index is 12.6. The van der Waals surface area contributed by atoms with E-state index in [1.807, 2.05) is 84.9 Å². The molecular formula is C27H29NO7. The summed E-state index contributed by atoms with van der Waals surface area (Å²) in [6.07, 6.45) is -0.752. The zero-order valence-corrected chi connectivity index (χ0v) is 19.6. The highest BCUT2D eigenvalue weighted by Gasteiger charge is 2.23. The molecule has 0 bridgehead atoms. The van der Waals surface area contributed by atoms with Crippen LogP contribution < -0.4 is 10.1 Å². The van der Waals surface area contributed by atoms with Crippen LogP contribution in [0.1, 0.15) is 16.7 Å². The fraction of sp³-hybridized carbons (Fsp3) is 0.259. The number of nitrogens with one attached hydrogen (secondary N) is 1. The molecule has 0 saturated heterocycles. The number of hydrogen-bond acceptors (Lipinski definition) is 7. The van der Waals surface area contributed by atoms with Gasteiger partial charge < -0.3 is 29.0 Å². The van der Waals surface area contributed by atoms with E-state index in [-0.39, 0.29) is 33.2 Å². The minimum absolute atomic E-state index is 0.0737. The molecule has 3 aromatic carbocycles. The Kier molecular flexibility index (Phi) is 10.6. The van der Waals surface area contributed by atoms with Crippen LogP contribution in [0.2, 0.25) is 0 Å². The largest absolute Gasteiger partial charge is 0.497 e. The quantitative estimate of drug-likeness (QED) is 0.223. The third-order valence-electron chi connectivity index (χ3n) is 4.90. The summed E-state index contributed by atoms with van der Waals surface area (Å²) in [7, 11) is 1.59. The lowest BCUT2D eigenvalue weighted by Gasteiger charge is -2.18. The molecule has 0 spiro atoms. The summed E-state index contributed by atoms with van der Waals surface area (Å²) < 4.78 is 26.6. The van der Waals surface area contributed by atoms with Gasteiger partial charge in [0.2, 0.25) is 0 Å². The third kappa shape index (κ3) is 9.48. The Hall–Kier alpha value is -3.88. The topological polar surface area (TPSA) is 92.3 Å². The lowest BCUT2D eigenvalue weighted by molar-refractivity contribution is -0.161. The van der Waals surface area contributed by atoms with E-state index in [0.717, 1.165) is 22.4 Å². The summed E-state index contributed by atoms with van der Waals surface area (Å²) in [4.78, 5) is 24.9. The average Bonchev–Trinajstić information content (AvgIpc) is 2.91. The molecule has 3 rings (SSSR count). The Balaban J connectivity index is 1.47. The van der Waals surface area contributed by atoms with Crippen molar-refractivity contribution in [3.63, 3.8) is 0 Å². The summed E-state index contributed by atoms with van der Waals surface area (Å²) in [5.41, 5.74) is 2.66. The van der Waals surface area contributed by atoms with E-state index in [1.165, 1.54) is 0 Å². The highest BCUT2D eigenvalue weighted by Crippen LogP contribution is 2.12. The molecule has 1 N–H and O–H groups in total. The molecule has 0 radical (unpaired) electrons. The van der Waals surface area contributed by atoms with Gasteiger partial charge in [-0.1, -0.05) is 72.8 Å². The van der Waals surface area contributed by atoms with Gasteiger partial charge in [-0.25, -0.2) is 9.59 Å². The zero-order valence-electron chi connectivity index (χ0n) is 19.6. The van der Waals surface area contributed by atoms with Gasteiger partial charge in [-0.2, -0.15) is 0 Å². The number of hydrogen-bond donors (Lipinski definition) is 1. The van der Waals surface area contributed by atoms with Gasteiger partial charge in [-0.3, -0.25) is 0 Å². The lowest BCUT2D eigenvalue weighted by Crippen LogP contribution is -2.45. The Labute approximate surface area is 204 Å². The summed E-state index contributed by atoms with van der Waals surface area (Å²) in [5, 5.41) is 2.51. The molecule has 3 aromatic rings. The van der Waals surface area contributed by atoms with Crippen molar-refractivity contribution in [2.75, 3.05) is 20.5 Å². The number of ether oxygens (including phenoxy) is 5. The fourth-order valence-corrected chi connectivity index (χ4v) is 3.03. The third-order valence-corrected chi connectivity index (χ3v) is 4.90. The van der Waals surface area contributed by atoms with Crippen molar-refractivity contribution >= 4 is 12.1 Å². The maximum Gasteiger partial charge on any atom is 0.408 e. The van der Waals surface area contributed by atoms with Gasteiger partial charge in [0.25, 0.3) is 0 Å². The van der Waals surface area contributed by atoms with Crippen LogP contribution in [0.25, 0.3) is 0 Å². The second-order valence-electron chi connectivity index (χ2n) is 7.54. The van der Waals surface area contributed by atoms with Gasteiger partial charge >= 0.3 is 12.1 Å². The normalized spacial score (nSPS) is 11.3. The predicted octanol–water partition coefficient (Wildman–Crippen LogP) is 4.22. The van der Waals surface area contributed by atoms with Crippen molar-refractivity contribution in [1.82, 2.24) is 5.32 Å². The van der Waals surface area contributed by atoms with Crippen molar-refractivity contribution in [3.8, 4) is 5.75 Å². The van der Waals surface area contributed by atoms with Crippen LogP contribution in [0.5, 0.6) is 5.75 Å². The Morgan fingerprint density at radius 3 is 1.91 bits per heavy atom. The maximum absolute atomic E-state index is 12.6. The second kappa shape index (κ2) is 14.4. The van der Waals surface area contributed by atoms with Crippen molar-refractivity contribution in [2.24, 2.45) is 0 Å². The highest BCUT2D eigenvalue weighted by molar-refractivity contribution is 5.81. The number of benzene rings is 3. The molecule has 0 aromatic heterocycles. The van der Waals surface area contributed by atoms with E-state index in [0.29, 0.717) is 0 Å². The number of esters is 1. The molecule has 0 aliphatic rings. The van der Waals surface area contributed by atoms with Crippen LogP contribution in [-0.2, 0) is 43.6 Å². The molecule has 184 valence electrons. The smallest absolute Gasteiger partial charge is 0.408 e. The van der Waals surface area contributed by atoms with Gasteiger partial charge in [0.05, 0.1) is 26.9 Å². The first-order chi connectivity index (χ1) is 17.1. The molecule has 8 heteroatoms.